The first kappa shape index (κ1) is 23.2. The van der Waals surface area contributed by atoms with Crippen molar-refractivity contribution in [2.75, 3.05) is 31.6 Å². The molecule has 1 aromatic rings. The highest BCUT2D eigenvalue weighted by Crippen LogP contribution is 2.29. The van der Waals surface area contributed by atoms with Crippen molar-refractivity contribution in [2.24, 2.45) is 11.8 Å². The molecule has 32 heavy (non-hydrogen) atoms. The van der Waals surface area contributed by atoms with Crippen LogP contribution in [-0.2, 0) is 14.3 Å². The number of amides is 3. The lowest BCUT2D eigenvalue weighted by Gasteiger charge is -2.35. The maximum Gasteiger partial charge on any atom is 0.256 e. The molecule has 1 unspecified atom stereocenters. The summed E-state index contributed by atoms with van der Waals surface area (Å²) >= 11 is 3.46. The topological polar surface area (TPSA) is 79.0 Å². The summed E-state index contributed by atoms with van der Waals surface area (Å²) in [5.41, 5.74) is 0.967. The van der Waals surface area contributed by atoms with Gasteiger partial charge in [-0.15, -0.1) is 0 Å². The average Bonchev–Trinajstić information content (AvgIpc) is 3.45. The molecule has 4 atom stereocenters. The maximum atomic E-state index is 13.4. The number of ether oxygens (including phenoxy) is 1. The molecular weight excluding hydrogens is 474 g/mol. The number of anilines is 1. The molecule has 0 saturated carbocycles. The lowest BCUT2D eigenvalue weighted by Crippen LogP contribution is -2.47. The van der Waals surface area contributed by atoms with Crippen molar-refractivity contribution < 1.29 is 19.1 Å². The first-order chi connectivity index (χ1) is 15.3. The molecule has 8 heteroatoms. The van der Waals surface area contributed by atoms with E-state index in [2.05, 4.69) is 35.1 Å². The lowest BCUT2D eigenvalue weighted by atomic mass is 9.91. The van der Waals surface area contributed by atoms with Crippen LogP contribution in [0.4, 0.5) is 5.69 Å². The Labute approximate surface area is 198 Å². The number of nitrogens with one attached hydrogen (secondary N) is 1. The largest absolute Gasteiger partial charge is 0.368 e. The summed E-state index contributed by atoms with van der Waals surface area (Å²) in [6, 6.07) is 4.81. The summed E-state index contributed by atoms with van der Waals surface area (Å²) in [5.74, 6) is 0.486. The van der Waals surface area contributed by atoms with E-state index >= 15 is 0 Å². The number of carbonyl (C=O) groups excluding carboxylic acids is 3. The predicted molar refractivity (Wildman–Crippen MR) is 125 cm³/mol. The minimum Gasteiger partial charge on any atom is -0.368 e. The van der Waals surface area contributed by atoms with Crippen LogP contribution in [0.3, 0.4) is 0 Å². The van der Waals surface area contributed by atoms with Crippen molar-refractivity contribution in [2.45, 2.75) is 58.1 Å². The molecule has 3 fully saturated rings. The molecule has 7 nitrogen and oxygen atoms in total. The van der Waals surface area contributed by atoms with Gasteiger partial charge in [0.1, 0.15) is 12.1 Å². The van der Waals surface area contributed by atoms with Gasteiger partial charge in [0.15, 0.2) is 0 Å². The standard InChI is InChI=1S/C24H32BrN3O4/c1-15-11-16(2)14-27(13-15)23(30)18-12-17(25)7-8-19(18)26-22(29)20-5-3-9-28(20)24(31)21-6-4-10-32-21/h7-8,12,15-16,20-21H,3-6,9-11,13-14H2,1-2H3,(H,26,29)/t15-,16+,20-,21?/m0/s1. The fraction of sp³-hybridized carbons (Fsp3) is 0.625. The van der Waals surface area contributed by atoms with Gasteiger partial charge in [0.25, 0.3) is 11.8 Å². The minimum absolute atomic E-state index is 0.0706. The molecule has 3 heterocycles. The molecule has 3 amide bonds. The summed E-state index contributed by atoms with van der Waals surface area (Å²) in [4.78, 5) is 43.0. The highest BCUT2D eigenvalue weighted by Gasteiger charge is 2.39. The zero-order valence-corrected chi connectivity index (χ0v) is 20.4. The third-order valence-electron chi connectivity index (χ3n) is 6.67. The second-order valence-corrected chi connectivity index (χ2v) is 10.4. The number of hydrogen-bond donors (Lipinski definition) is 1. The van der Waals surface area contributed by atoms with E-state index in [1.807, 2.05) is 11.0 Å². The third kappa shape index (κ3) is 5.01. The second-order valence-electron chi connectivity index (χ2n) is 9.53. The van der Waals surface area contributed by atoms with Crippen LogP contribution in [0.25, 0.3) is 0 Å². The van der Waals surface area contributed by atoms with Crippen LogP contribution in [0.5, 0.6) is 0 Å². The molecule has 174 valence electrons. The van der Waals surface area contributed by atoms with E-state index in [9.17, 15) is 14.4 Å². The van der Waals surface area contributed by atoms with Gasteiger partial charge in [-0.25, -0.2) is 0 Å². The Morgan fingerprint density at radius 3 is 2.53 bits per heavy atom. The first-order valence-electron chi connectivity index (χ1n) is 11.6. The highest BCUT2D eigenvalue weighted by molar-refractivity contribution is 9.10. The van der Waals surface area contributed by atoms with Crippen molar-refractivity contribution in [3.8, 4) is 0 Å². The molecule has 1 aromatic carbocycles. The predicted octanol–water partition coefficient (Wildman–Crippen LogP) is 3.68. The van der Waals surface area contributed by atoms with Crippen molar-refractivity contribution in [3.05, 3.63) is 28.2 Å². The van der Waals surface area contributed by atoms with E-state index in [1.54, 1.807) is 17.0 Å². The van der Waals surface area contributed by atoms with Gasteiger partial charge >= 0.3 is 0 Å². The summed E-state index contributed by atoms with van der Waals surface area (Å²) in [7, 11) is 0. The molecule has 3 saturated heterocycles. The van der Waals surface area contributed by atoms with E-state index in [1.165, 1.54) is 0 Å². The van der Waals surface area contributed by atoms with Gasteiger partial charge in [0.05, 0.1) is 11.3 Å². The number of rotatable bonds is 4. The lowest BCUT2D eigenvalue weighted by molar-refractivity contribution is -0.144. The van der Waals surface area contributed by atoms with Gasteiger partial charge in [0, 0.05) is 30.7 Å². The molecule has 4 rings (SSSR count). The zero-order chi connectivity index (χ0) is 22.8. The fourth-order valence-electron chi connectivity index (χ4n) is 5.28. The SMILES string of the molecule is C[C@@H]1C[C@H](C)CN(C(=O)c2cc(Br)ccc2NC(=O)[C@@H]2CCCN2C(=O)C2CCCO2)C1. The van der Waals surface area contributed by atoms with Crippen LogP contribution in [-0.4, -0.2) is 65.9 Å². The van der Waals surface area contributed by atoms with Crippen LogP contribution < -0.4 is 5.32 Å². The molecule has 0 spiro atoms. The van der Waals surface area contributed by atoms with Crippen molar-refractivity contribution in [1.29, 1.82) is 0 Å². The molecule has 1 N–H and O–H groups in total. The van der Waals surface area contributed by atoms with Gasteiger partial charge in [0.2, 0.25) is 5.91 Å². The van der Waals surface area contributed by atoms with Crippen LogP contribution >= 0.6 is 15.9 Å². The van der Waals surface area contributed by atoms with Gasteiger partial charge < -0.3 is 19.9 Å². The summed E-state index contributed by atoms with van der Waals surface area (Å²) in [6.07, 6.45) is 3.66. The van der Waals surface area contributed by atoms with Gasteiger partial charge in [-0.3, -0.25) is 14.4 Å². The van der Waals surface area contributed by atoms with Crippen LogP contribution in [0.15, 0.2) is 22.7 Å². The van der Waals surface area contributed by atoms with Gasteiger partial charge in [-0.1, -0.05) is 29.8 Å². The smallest absolute Gasteiger partial charge is 0.256 e. The Bertz CT molecular complexity index is 876. The number of halogens is 1. The molecule has 0 radical (unpaired) electrons. The fourth-order valence-corrected chi connectivity index (χ4v) is 5.64. The first-order valence-corrected chi connectivity index (χ1v) is 12.4. The van der Waals surface area contributed by atoms with Crippen LogP contribution in [0.2, 0.25) is 0 Å². The normalized spacial score (nSPS) is 28.1. The Morgan fingerprint density at radius 1 is 1.09 bits per heavy atom. The number of piperidine rings is 1. The minimum atomic E-state index is -0.534. The van der Waals surface area contributed by atoms with E-state index < -0.39 is 12.1 Å². The van der Waals surface area contributed by atoms with E-state index in [-0.39, 0.29) is 17.7 Å². The van der Waals surface area contributed by atoms with Gasteiger partial charge in [-0.05, 0) is 62.1 Å². The molecule has 3 aliphatic heterocycles. The third-order valence-corrected chi connectivity index (χ3v) is 7.16. The van der Waals surface area contributed by atoms with Crippen molar-refractivity contribution in [1.82, 2.24) is 9.80 Å². The molecule has 0 bridgehead atoms. The average molecular weight is 506 g/mol. The monoisotopic (exact) mass is 505 g/mol. The summed E-state index contributed by atoms with van der Waals surface area (Å²) in [5, 5.41) is 2.96. The Morgan fingerprint density at radius 2 is 1.84 bits per heavy atom. The Kier molecular flexibility index (Phi) is 7.20. The Balaban J connectivity index is 1.51. The zero-order valence-electron chi connectivity index (χ0n) is 18.8. The summed E-state index contributed by atoms with van der Waals surface area (Å²) < 4.78 is 6.33. The quantitative estimate of drug-likeness (QED) is 0.676. The number of likely N-dealkylation sites (tertiary alicyclic amines) is 2. The van der Waals surface area contributed by atoms with E-state index in [4.69, 9.17) is 4.74 Å². The number of hydrogen-bond acceptors (Lipinski definition) is 4. The number of nitrogens with zero attached hydrogens (tertiary/aromatic N) is 2. The highest BCUT2D eigenvalue weighted by atomic mass is 79.9. The van der Waals surface area contributed by atoms with Crippen molar-refractivity contribution in [3.63, 3.8) is 0 Å². The van der Waals surface area contributed by atoms with Gasteiger partial charge in [-0.2, -0.15) is 0 Å². The van der Waals surface area contributed by atoms with Crippen LogP contribution in [0.1, 0.15) is 56.3 Å². The summed E-state index contributed by atoms with van der Waals surface area (Å²) in [6.45, 7) is 6.93. The Hall–Kier alpha value is -1.93. The van der Waals surface area contributed by atoms with E-state index in [0.29, 0.717) is 49.1 Å². The molecule has 0 aliphatic carbocycles. The molecular formula is C24H32BrN3O4. The number of carbonyl (C=O) groups is 3. The van der Waals surface area contributed by atoms with Crippen LogP contribution in [0, 0.1) is 11.8 Å². The number of benzene rings is 1. The second kappa shape index (κ2) is 9.91. The molecule has 3 aliphatic rings. The maximum absolute atomic E-state index is 13.4. The molecule has 0 aromatic heterocycles. The van der Waals surface area contributed by atoms with Crippen molar-refractivity contribution >= 4 is 39.3 Å². The van der Waals surface area contributed by atoms with E-state index in [0.717, 1.165) is 36.8 Å².